The van der Waals surface area contributed by atoms with Crippen molar-refractivity contribution in [2.75, 3.05) is 13.2 Å². The Morgan fingerprint density at radius 3 is 2.61 bits per heavy atom. The third-order valence-corrected chi connectivity index (χ3v) is 5.41. The first kappa shape index (κ1) is 22.9. The summed E-state index contributed by atoms with van der Waals surface area (Å²) in [5, 5.41) is 9.44. The number of hydrogen-bond donors (Lipinski definition) is 1. The molecule has 9 heteroatoms. The summed E-state index contributed by atoms with van der Waals surface area (Å²) in [6.45, 7) is 4.45. The number of aliphatic hydroxyl groups excluding tert-OH is 1. The van der Waals surface area contributed by atoms with Crippen LogP contribution in [0, 0.1) is 6.92 Å². The highest BCUT2D eigenvalue weighted by atomic mass is 16.6. The largest absolute Gasteiger partial charge is 0.457 e. The zero-order valence-electron chi connectivity index (χ0n) is 18.0. The fraction of sp³-hybridized carbons (Fsp3) is 0.500. The van der Waals surface area contributed by atoms with Gasteiger partial charge in [-0.1, -0.05) is 30.3 Å². The fourth-order valence-electron chi connectivity index (χ4n) is 3.94. The van der Waals surface area contributed by atoms with E-state index in [1.807, 2.05) is 30.3 Å². The van der Waals surface area contributed by atoms with Crippen molar-refractivity contribution in [1.82, 2.24) is 9.13 Å². The number of carbonyl (C=O) groups is 1. The number of aryl methyl sites for hydroxylation is 1. The van der Waals surface area contributed by atoms with Crippen molar-refractivity contribution in [2.45, 2.75) is 58.3 Å². The summed E-state index contributed by atoms with van der Waals surface area (Å²) in [6.07, 6.45) is 1.78. The Morgan fingerprint density at radius 2 is 1.97 bits per heavy atom. The van der Waals surface area contributed by atoms with E-state index < -0.39 is 28.5 Å². The minimum atomic E-state index is -1.17. The molecule has 1 aliphatic rings. The Kier molecular flexibility index (Phi) is 6.78. The lowest BCUT2D eigenvalue weighted by Crippen LogP contribution is -2.48. The molecule has 9 nitrogen and oxygen atoms in total. The maximum absolute atomic E-state index is 13.2. The molecule has 0 aliphatic carbocycles. The number of benzene rings is 1. The molecule has 0 amide bonds. The topological polar surface area (TPSA) is 109 Å². The Labute approximate surface area is 179 Å². The number of ether oxygens (including phenoxy) is 3. The summed E-state index contributed by atoms with van der Waals surface area (Å²) in [5.74, 6) is -0.496. The van der Waals surface area contributed by atoms with E-state index >= 15 is 0 Å². The van der Waals surface area contributed by atoms with Gasteiger partial charge in [-0.25, -0.2) is 9.36 Å². The van der Waals surface area contributed by atoms with Gasteiger partial charge < -0.3 is 19.3 Å². The highest BCUT2D eigenvalue weighted by Gasteiger charge is 2.50. The summed E-state index contributed by atoms with van der Waals surface area (Å²) in [5.41, 5.74) is -1.98. The van der Waals surface area contributed by atoms with E-state index in [4.69, 9.17) is 14.2 Å². The summed E-state index contributed by atoms with van der Waals surface area (Å²) in [6, 6.07) is 9.43. The van der Waals surface area contributed by atoms with Gasteiger partial charge in [0.1, 0.15) is 18.1 Å². The van der Waals surface area contributed by atoms with E-state index in [0.717, 1.165) is 10.1 Å². The third kappa shape index (κ3) is 4.95. The maximum Gasteiger partial charge on any atom is 0.335 e. The molecule has 0 spiro atoms. The molecular formula is C22H28N2O7. The fourth-order valence-corrected chi connectivity index (χ4v) is 3.94. The van der Waals surface area contributed by atoms with Gasteiger partial charge in [0.2, 0.25) is 0 Å². The predicted molar refractivity (Wildman–Crippen MR) is 111 cm³/mol. The third-order valence-electron chi connectivity index (χ3n) is 5.41. The van der Waals surface area contributed by atoms with Crippen molar-refractivity contribution < 1.29 is 24.1 Å². The Bertz CT molecular complexity index is 1050. The molecule has 1 aromatic carbocycles. The first-order chi connectivity index (χ1) is 14.7. The highest BCUT2D eigenvalue weighted by Crippen LogP contribution is 2.40. The SMILES string of the molecule is CC(=O)OC1(CCO)COC(C)(n2cc(C)c(=O)n(COCc3ccccc3)c2=O)C1. The zero-order chi connectivity index (χ0) is 22.6. The second kappa shape index (κ2) is 9.17. The number of nitrogens with zero attached hydrogens (tertiary/aromatic N) is 2. The molecule has 1 aromatic heterocycles. The molecule has 3 rings (SSSR count). The summed E-state index contributed by atoms with van der Waals surface area (Å²) < 4.78 is 19.3. The molecule has 1 N–H and O–H groups in total. The lowest BCUT2D eigenvalue weighted by molar-refractivity contribution is -0.158. The van der Waals surface area contributed by atoms with Crippen LogP contribution in [0.4, 0.5) is 0 Å². The normalized spacial score (nSPS) is 23.1. The van der Waals surface area contributed by atoms with E-state index in [2.05, 4.69) is 0 Å². The standard InChI is InChI=1S/C22H28N2O7/c1-16-11-24(21(3)13-22(9-10-25,14-30-21)31-17(2)26)20(28)23(19(16)27)15-29-12-18-7-5-4-6-8-18/h4-8,11,25H,9-10,12-15H2,1-3H3. The minimum Gasteiger partial charge on any atom is -0.457 e. The predicted octanol–water partition coefficient (Wildman–Crippen LogP) is 1.27. The molecule has 2 unspecified atom stereocenters. The quantitative estimate of drug-likeness (QED) is 0.626. The monoisotopic (exact) mass is 432 g/mol. The first-order valence-electron chi connectivity index (χ1n) is 10.1. The minimum absolute atomic E-state index is 0.0265. The molecule has 1 aliphatic heterocycles. The number of esters is 1. The lowest BCUT2D eigenvalue weighted by atomic mass is 9.93. The Hall–Kier alpha value is -2.75. The van der Waals surface area contributed by atoms with E-state index in [9.17, 15) is 19.5 Å². The summed E-state index contributed by atoms with van der Waals surface area (Å²) in [4.78, 5) is 37.4. The van der Waals surface area contributed by atoms with Gasteiger partial charge in [0.25, 0.3) is 5.56 Å². The van der Waals surface area contributed by atoms with Crippen LogP contribution in [0.2, 0.25) is 0 Å². The van der Waals surface area contributed by atoms with Gasteiger partial charge in [0.15, 0.2) is 0 Å². The van der Waals surface area contributed by atoms with Gasteiger partial charge in [-0.15, -0.1) is 0 Å². The van der Waals surface area contributed by atoms with E-state index in [-0.39, 0.29) is 39.4 Å². The van der Waals surface area contributed by atoms with Gasteiger partial charge in [0, 0.05) is 38.1 Å². The molecule has 1 saturated heterocycles. The molecule has 31 heavy (non-hydrogen) atoms. The van der Waals surface area contributed by atoms with Crippen molar-refractivity contribution in [2.24, 2.45) is 0 Å². The summed E-state index contributed by atoms with van der Waals surface area (Å²) >= 11 is 0. The van der Waals surface area contributed by atoms with Crippen LogP contribution >= 0.6 is 0 Å². The van der Waals surface area contributed by atoms with Crippen LogP contribution < -0.4 is 11.2 Å². The van der Waals surface area contributed by atoms with Crippen molar-refractivity contribution in [3.63, 3.8) is 0 Å². The number of carbonyl (C=O) groups excluding carboxylic acids is 1. The molecule has 0 saturated carbocycles. The zero-order valence-corrected chi connectivity index (χ0v) is 18.0. The second-order valence-electron chi connectivity index (χ2n) is 8.05. The molecule has 2 aromatic rings. The maximum atomic E-state index is 13.2. The average Bonchev–Trinajstić information content (AvgIpc) is 3.05. The molecule has 0 bridgehead atoms. The van der Waals surface area contributed by atoms with Crippen LogP contribution in [-0.4, -0.2) is 39.0 Å². The average molecular weight is 432 g/mol. The molecule has 2 heterocycles. The lowest BCUT2D eigenvalue weighted by Gasteiger charge is -2.30. The Morgan fingerprint density at radius 1 is 1.26 bits per heavy atom. The second-order valence-corrected chi connectivity index (χ2v) is 8.05. The van der Waals surface area contributed by atoms with Crippen molar-refractivity contribution >= 4 is 5.97 Å². The summed E-state index contributed by atoms with van der Waals surface area (Å²) in [7, 11) is 0. The smallest absolute Gasteiger partial charge is 0.335 e. The highest BCUT2D eigenvalue weighted by molar-refractivity contribution is 5.66. The van der Waals surface area contributed by atoms with Crippen LogP contribution in [0.25, 0.3) is 0 Å². The number of aliphatic hydroxyl groups is 1. The van der Waals surface area contributed by atoms with Gasteiger partial charge in [-0.2, -0.15) is 0 Å². The van der Waals surface area contributed by atoms with Gasteiger partial charge in [0.05, 0.1) is 13.2 Å². The molecular weight excluding hydrogens is 404 g/mol. The molecule has 2 atom stereocenters. The van der Waals surface area contributed by atoms with Crippen LogP contribution in [0.3, 0.4) is 0 Å². The van der Waals surface area contributed by atoms with E-state index in [0.29, 0.717) is 5.56 Å². The van der Waals surface area contributed by atoms with E-state index in [1.165, 1.54) is 17.7 Å². The van der Waals surface area contributed by atoms with Gasteiger partial charge in [-0.05, 0) is 19.4 Å². The van der Waals surface area contributed by atoms with Crippen LogP contribution in [-0.2, 0) is 38.1 Å². The van der Waals surface area contributed by atoms with Crippen LogP contribution in [0.15, 0.2) is 46.1 Å². The number of aromatic nitrogens is 2. The van der Waals surface area contributed by atoms with Crippen molar-refractivity contribution in [3.8, 4) is 0 Å². The van der Waals surface area contributed by atoms with Crippen LogP contribution in [0.1, 0.15) is 37.8 Å². The van der Waals surface area contributed by atoms with Crippen molar-refractivity contribution in [1.29, 1.82) is 0 Å². The molecule has 168 valence electrons. The Balaban J connectivity index is 1.88. The molecule has 1 fully saturated rings. The van der Waals surface area contributed by atoms with Crippen molar-refractivity contribution in [3.05, 3.63) is 68.5 Å². The van der Waals surface area contributed by atoms with Gasteiger partial charge >= 0.3 is 11.7 Å². The first-order valence-corrected chi connectivity index (χ1v) is 10.1. The van der Waals surface area contributed by atoms with E-state index in [1.54, 1.807) is 13.8 Å². The number of rotatable bonds is 8. The van der Waals surface area contributed by atoms with Gasteiger partial charge in [-0.3, -0.25) is 14.2 Å². The number of hydrogen-bond acceptors (Lipinski definition) is 7. The van der Waals surface area contributed by atoms with Crippen LogP contribution in [0.5, 0.6) is 0 Å². The molecule has 0 radical (unpaired) electrons.